The standard InChI is InChI=1S/C25H34F3NO4/c1-2-32-24-20(9-8-16-30)21(18-10-12-19(13-11-18)25(26,27)28)17-22(33-24)23(31)29-14-6-4-3-5-7-15-29/h10-13,17,20-21,24,30H,2-9,14-16H2,1H3/t20-,21-,24-/m1/s1. The molecule has 2 aliphatic heterocycles. The highest BCUT2D eigenvalue weighted by Gasteiger charge is 2.39. The summed E-state index contributed by atoms with van der Waals surface area (Å²) in [4.78, 5) is 15.2. The molecule has 8 heteroatoms. The van der Waals surface area contributed by atoms with E-state index in [1.807, 2.05) is 11.8 Å². The van der Waals surface area contributed by atoms with Crippen molar-refractivity contribution in [2.45, 2.75) is 70.3 Å². The second kappa shape index (κ2) is 11.9. The lowest BCUT2D eigenvalue weighted by Gasteiger charge is -2.38. The van der Waals surface area contributed by atoms with Gasteiger partial charge >= 0.3 is 6.18 Å². The smallest absolute Gasteiger partial charge is 0.416 e. The molecule has 0 radical (unpaired) electrons. The first-order valence-corrected chi connectivity index (χ1v) is 11.9. The minimum absolute atomic E-state index is 0.0155. The van der Waals surface area contributed by atoms with Crippen LogP contribution in [0.25, 0.3) is 0 Å². The maximum atomic E-state index is 13.3. The van der Waals surface area contributed by atoms with E-state index < -0.39 is 18.0 Å². The molecule has 0 saturated carbocycles. The van der Waals surface area contributed by atoms with Crippen molar-refractivity contribution in [3.8, 4) is 0 Å². The average molecular weight is 470 g/mol. The molecule has 1 aromatic carbocycles. The minimum atomic E-state index is -4.42. The van der Waals surface area contributed by atoms with Crippen molar-refractivity contribution in [3.63, 3.8) is 0 Å². The fraction of sp³-hybridized carbons (Fsp3) is 0.640. The van der Waals surface area contributed by atoms with E-state index in [1.165, 1.54) is 18.6 Å². The third kappa shape index (κ3) is 6.73. The molecule has 5 nitrogen and oxygen atoms in total. The lowest BCUT2D eigenvalue weighted by molar-refractivity contribution is -0.170. The van der Waals surface area contributed by atoms with Gasteiger partial charge < -0.3 is 19.5 Å². The van der Waals surface area contributed by atoms with Crippen LogP contribution < -0.4 is 0 Å². The Labute approximate surface area is 193 Å². The Balaban J connectivity index is 1.93. The van der Waals surface area contributed by atoms with Gasteiger partial charge in [-0.1, -0.05) is 31.4 Å². The Hall–Kier alpha value is -2.06. The summed E-state index contributed by atoms with van der Waals surface area (Å²) >= 11 is 0. The van der Waals surface area contributed by atoms with E-state index in [-0.39, 0.29) is 30.1 Å². The third-order valence-electron chi connectivity index (χ3n) is 6.39. The highest BCUT2D eigenvalue weighted by molar-refractivity contribution is 5.91. The molecule has 0 bridgehead atoms. The Morgan fingerprint density at radius 1 is 1.12 bits per heavy atom. The van der Waals surface area contributed by atoms with Crippen molar-refractivity contribution >= 4 is 5.91 Å². The summed E-state index contributed by atoms with van der Waals surface area (Å²) in [7, 11) is 0. The molecule has 1 fully saturated rings. The van der Waals surface area contributed by atoms with Crippen LogP contribution in [0.3, 0.4) is 0 Å². The number of nitrogens with zero attached hydrogens (tertiary/aromatic N) is 1. The Morgan fingerprint density at radius 2 is 1.76 bits per heavy atom. The largest absolute Gasteiger partial charge is 0.459 e. The van der Waals surface area contributed by atoms with Crippen LogP contribution >= 0.6 is 0 Å². The van der Waals surface area contributed by atoms with Gasteiger partial charge in [-0.2, -0.15) is 13.2 Å². The van der Waals surface area contributed by atoms with E-state index in [1.54, 1.807) is 6.08 Å². The number of hydrogen-bond acceptors (Lipinski definition) is 4. The van der Waals surface area contributed by atoms with Gasteiger partial charge in [-0.25, -0.2) is 0 Å². The van der Waals surface area contributed by atoms with Crippen LogP contribution in [0.4, 0.5) is 13.2 Å². The number of aliphatic hydroxyl groups is 1. The molecule has 0 aromatic heterocycles. The molecule has 1 N–H and O–H groups in total. The Kier molecular flexibility index (Phi) is 9.20. The number of carbonyl (C=O) groups excluding carboxylic acids is 1. The molecule has 1 saturated heterocycles. The number of likely N-dealkylation sites (tertiary alicyclic amines) is 1. The number of allylic oxidation sites excluding steroid dienone is 1. The van der Waals surface area contributed by atoms with Crippen LogP contribution in [0.1, 0.15) is 68.9 Å². The van der Waals surface area contributed by atoms with Crippen LogP contribution in [-0.4, -0.2) is 48.5 Å². The molecular formula is C25H34F3NO4. The fourth-order valence-electron chi connectivity index (χ4n) is 4.64. The maximum absolute atomic E-state index is 13.3. The molecule has 0 aliphatic carbocycles. The first kappa shape index (κ1) is 25.6. The van der Waals surface area contributed by atoms with E-state index in [0.717, 1.165) is 37.8 Å². The normalized spacial score (nSPS) is 24.5. The van der Waals surface area contributed by atoms with Gasteiger partial charge in [0.1, 0.15) is 0 Å². The second-order valence-corrected chi connectivity index (χ2v) is 8.71. The fourth-order valence-corrected chi connectivity index (χ4v) is 4.64. The lowest BCUT2D eigenvalue weighted by atomic mass is 9.80. The van der Waals surface area contributed by atoms with E-state index >= 15 is 0 Å². The number of halogens is 3. The Morgan fingerprint density at radius 3 is 2.33 bits per heavy atom. The van der Waals surface area contributed by atoms with E-state index in [2.05, 4.69) is 0 Å². The number of benzene rings is 1. The number of hydrogen-bond donors (Lipinski definition) is 1. The predicted octanol–water partition coefficient (Wildman–Crippen LogP) is 5.25. The second-order valence-electron chi connectivity index (χ2n) is 8.71. The molecule has 1 amide bonds. The highest BCUT2D eigenvalue weighted by Crippen LogP contribution is 2.40. The van der Waals surface area contributed by atoms with E-state index in [0.29, 0.717) is 38.1 Å². The van der Waals surface area contributed by atoms with Gasteiger partial charge in [0.25, 0.3) is 5.91 Å². The summed E-state index contributed by atoms with van der Waals surface area (Å²) in [6.07, 6.45) is 2.88. The van der Waals surface area contributed by atoms with Gasteiger partial charge in [-0.05, 0) is 56.4 Å². The number of ether oxygens (including phenoxy) is 2. The lowest BCUT2D eigenvalue weighted by Crippen LogP contribution is -2.41. The van der Waals surface area contributed by atoms with Crippen molar-refractivity contribution in [2.75, 3.05) is 26.3 Å². The SMILES string of the molecule is CCO[C@@H]1OC(C(=O)N2CCCCCCC2)=C[C@H](c2ccc(C(F)(F)F)cc2)[C@H]1CCCO. The van der Waals surface area contributed by atoms with Gasteiger partial charge in [0.05, 0.1) is 5.56 Å². The average Bonchev–Trinajstić information content (AvgIpc) is 2.77. The zero-order chi connectivity index (χ0) is 23.8. The third-order valence-corrected chi connectivity index (χ3v) is 6.39. The van der Waals surface area contributed by atoms with Crippen LogP contribution in [0, 0.1) is 5.92 Å². The van der Waals surface area contributed by atoms with Crippen molar-refractivity contribution in [1.29, 1.82) is 0 Å². The predicted molar refractivity (Wildman–Crippen MR) is 118 cm³/mol. The molecule has 33 heavy (non-hydrogen) atoms. The summed E-state index contributed by atoms with van der Waals surface area (Å²) in [5.74, 6) is -0.603. The molecule has 0 unspecified atom stereocenters. The number of amides is 1. The molecule has 2 aliphatic rings. The van der Waals surface area contributed by atoms with Crippen molar-refractivity contribution < 1.29 is 32.5 Å². The zero-order valence-electron chi connectivity index (χ0n) is 19.2. The first-order chi connectivity index (χ1) is 15.8. The molecule has 2 heterocycles. The van der Waals surface area contributed by atoms with E-state index in [9.17, 15) is 23.1 Å². The van der Waals surface area contributed by atoms with Crippen molar-refractivity contribution in [2.24, 2.45) is 5.92 Å². The Bertz CT molecular complexity index is 786. The summed E-state index contributed by atoms with van der Waals surface area (Å²) in [6, 6.07) is 5.05. The molecule has 3 rings (SSSR count). The van der Waals surface area contributed by atoms with Gasteiger partial charge in [-0.3, -0.25) is 4.79 Å². The molecule has 3 atom stereocenters. The van der Waals surface area contributed by atoms with Crippen LogP contribution in [-0.2, 0) is 20.4 Å². The van der Waals surface area contributed by atoms with Crippen molar-refractivity contribution in [1.82, 2.24) is 4.90 Å². The summed E-state index contributed by atoms with van der Waals surface area (Å²) in [6.45, 7) is 3.51. The highest BCUT2D eigenvalue weighted by atomic mass is 19.4. The maximum Gasteiger partial charge on any atom is 0.416 e. The number of carbonyl (C=O) groups is 1. The summed E-state index contributed by atoms with van der Waals surface area (Å²) < 4.78 is 51.1. The van der Waals surface area contributed by atoms with Crippen LogP contribution in [0.15, 0.2) is 36.1 Å². The van der Waals surface area contributed by atoms with Gasteiger partial charge in [-0.15, -0.1) is 0 Å². The van der Waals surface area contributed by atoms with Crippen LogP contribution in [0.2, 0.25) is 0 Å². The minimum Gasteiger partial charge on any atom is -0.459 e. The van der Waals surface area contributed by atoms with E-state index in [4.69, 9.17) is 9.47 Å². The van der Waals surface area contributed by atoms with Gasteiger partial charge in [0.2, 0.25) is 6.29 Å². The number of alkyl halides is 3. The summed E-state index contributed by atoms with van der Waals surface area (Å²) in [5.41, 5.74) is -0.0515. The molecule has 0 spiro atoms. The number of rotatable bonds is 7. The topological polar surface area (TPSA) is 59.0 Å². The van der Waals surface area contributed by atoms with Crippen molar-refractivity contribution in [3.05, 3.63) is 47.2 Å². The van der Waals surface area contributed by atoms with Gasteiger partial charge in [0.15, 0.2) is 5.76 Å². The molecule has 184 valence electrons. The monoisotopic (exact) mass is 469 g/mol. The first-order valence-electron chi connectivity index (χ1n) is 11.9. The molecular weight excluding hydrogens is 435 g/mol. The van der Waals surface area contributed by atoms with Gasteiger partial charge in [0, 0.05) is 38.1 Å². The van der Waals surface area contributed by atoms with Crippen LogP contribution in [0.5, 0.6) is 0 Å². The quantitative estimate of drug-likeness (QED) is 0.593. The zero-order valence-corrected chi connectivity index (χ0v) is 19.2. The summed E-state index contributed by atoms with van der Waals surface area (Å²) in [5, 5.41) is 9.37. The molecule has 1 aromatic rings. The number of aliphatic hydroxyl groups excluding tert-OH is 1.